The van der Waals surface area contributed by atoms with Crippen molar-refractivity contribution >= 4 is 153 Å². The van der Waals surface area contributed by atoms with Gasteiger partial charge in [-0.25, -0.2) is 9.78 Å². The lowest BCUT2D eigenvalue weighted by molar-refractivity contribution is -0.193. The molecule has 81 heavy (non-hydrogen) atoms. The number of ether oxygens (including phenoxy) is 1. The van der Waals surface area contributed by atoms with Crippen molar-refractivity contribution in [2.45, 2.75) is 115 Å². The molecule has 0 saturated heterocycles. The zero-order chi connectivity index (χ0) is 62.3. The van der Waals surface area contributed by atoms with E-state index in [9.17, 15) is 9.59 Å². The fourth-order valence-electron chi connectivity index (χ4n) is 5.94. The quantitative estimate of drug-likeness (QED) is 0.0629. The van der Waals surface area contributed by atoms with Gasteiger partial charge in [0.1, 0.15) is 16.7 Å². The Kier molecular flexibility index (Phi) is 31.3. The van der Waals surface area contributed by atoms with Gasteiger partial charge in [0.2, 0.25) is 5.78 Å². The van der Waals surface area contributed by atoms with E-state index < -0.39 is 0 Å². The first-order valence-electron chi connectivity index (χ1n) is 24.7. The molecule has 8 rings (SSSR count). The van der Waals surface area contributed by atoms with Crippen LogP contribution in [-0.2, 0) is 30.0 Å². The van der Waals surface area contributed by atoms with Gasteiger partial charge in [-0.05, 0) is 183 Å². The van der Waals surface area contributed by atoms with Gasteiger partial charge in [0.25, 0.3) is 0 Å². The molecule has 0 bridgehead atoms. The molecule has 16 heteroatoms. The molecule has 0 radical (unpaired) electrons. The minimum atomic E-state index is -0.269. The Morgan fingerprint density at radius 1 is 0.580 bits per heavy atom. The maximum absolute atomic E-state index is 12.0. The summed E-state index contributed by atoms with van der Waals surface area (Å²) in [7, 11) is 0. The van der Waals surface area contributed by atoms with E-state index in [2.05, 4.69) is 191 Å². The van der Waals surface area contributed by atoms with Crippen molar-refractivity contribution in [1.82, 2.24) is 4.98 Å². The fourth-order valence-corrected chi connectivity index (χ4v) is 9.07. The second-order valence-electron chi connectivity index (χ2n) is 22.8. The van der Waals surface area contributed by atoms with Crippen LogP contribution in [0.15, 0.2) is 159 Å². The van der Waals surface area contributed by atoms with Crippen LogP contribution < -0.4 is 10.4 Å². The number of carbonyl (C=O) groups excluding carboxylic acids is 5. The molecule has 7 aromatic rings. The van der Waals surface area contributed by atoms with Crippen LogP contribution in [0.25, 0.3) is 21.5 Å². The maximum atomic E-state index is 12.0. The number of allylic oxidation sites excluding steroid dienone is 2. The molecule has 0 N–H and O–H groups in total. The van der Waals surface area contributed by atoms with Crippen LogP contribution in [0.2, 0.25) is 5.15 Å². The number of ketones is 1. The van der Waals surface area contributed by atoms with Crippen molar-refractivity contribution in [1.29, 1.82) is 0 Å². The number of hydrogen-bond acceptors (Lipinski definition) is 9. The number of benzene rings is 5. The topological polar surface area (TPSA) is 138 Å². The van der Waals surface area contributed by atoms with E-state index in [0.29, 0.717) is 33.4 Å². The van der Waals surface area contributed by atoms with Crippen LogP contribution in [0.1, 0.15) is 131 Å². The first kappa shape index (κ1) is 74.2. The van der Waals surface area contributed by atoms with Crippen LogP contribution in [0.4, 0.5) is 0 Å². The Morgan fingerprint density at radius 3 is 1.49 bits per heavy atom. The number of carbonyl (C=O) groups is 1. The van der Waals surface area contributed by atoms with Crippen molar-refractivity contribution in [3.05, 3.63) is 191 Å². The lowest BCUT2D eigenvalue weighted by Gasteiger charge is -2.18. The molecular formula is C65H66Br5ClINO8. The predicted octanol–water partition coefficient (Wildman–Crippen LogP) is 20.2. The standard InChI is InChI=1S/C13H13BrClN.2C13H13BrO2.C12H13Br.C6H4BrI.C6H10.2CO2/c2*1-13(2,3)11-7-8-6-9(14)4-5-10(8)12(15)16-11;1-13(2,3)7-11-12(15)9-5-4-8(14)6-10(9)16-11;1-12(2,3)8-7-10-5-4-6-11(13)9-10;7-5-2-1-3-6(8)4-5;1-5-6(2,3)4;2*2-1-3/h3*4-7H,1-3H3;4-6,9H,1-3H3;1-4H;1H,2-4H3;;/b;;11-7-;;;;;. The molecule has 0 amide bonds. The maximum Gasteiger partial charge on any atom is 0.373 e. The zero-order valence-electron chi connectivity index (χ0n) is 48.0. The number of pyridine rings is 1. The van der Waals surface area contributed by atoms with Gasteiger partial charge in [0.15, 0.2) is 5.76 Å². The van der Waals surface area contributed by atoms with Crippen LogP contribution >= 0.6 is 114 Å². The highest BCUT2D eigenvalue weighted by atomic mass is 127. The predicted molar refractivity (Wildman–Crippen MR) is 354 cm³/mol. The van der Waals surface area contributed by atoms with Gasteiger partial charge in [-0.2, -0.15) is 19.2 Å². The first-order valence-corrected chi connectivity index (χ1v) is 30.1. The van der Waals surface area contributed by atoms with Gasteiger partial charge < -0.3 is 9.15 Å². The molecule has 1 aliphatic rings. The minimum Gasteiger partial charge on any atom is -0.453 e. The molecule has 0 atom stereocenters. The molecule has 0 fully saturated rings. The van der Waals surface area contributed by atoms with Gasteiger partial charge >= 0.3 is 17.9 Å². The largest absolute Gasteiger partial charge is 0.453 e. The third-order valence-corrected chi connectivity index (χ3v) is 13.2. The zero-order valence-corrected chi connectivity index (χ0v) is 58.8. The van der Waals surface area contributed by atoms with Gasteiger partial charge in [0.05, 0.1) is 10.9 Å². The Morgan fingerprint density at radius 2 is 1.05 bits per heavy atom. The molecule has 0 spiro atoms. The summed E-state index contributed by atoms with van der Waals surface area (Å²) in [5, 5.41) is 4.24. The van der Waals surface area contributed by atoms with Crippen molar-refractivity contribution in [3.8, 4) is 29.9 Å². The molecule has 1 aliphatic heterocycles. The molecule has 3 heterocycles. The van der Waals surface area contributed by atoms with Crippen molar-refractivity contribution in [2.75, 3.05) is 0 Å². The Bertz CT molecular complexity index is 3500. The summed E-state index contributed by atoms with van der Waals surface area (Å²) in [5.74, 6) is 10.7. The van der Waals surface area contributed by atoms with Crippen molar-refractivity contribution in [3.63, 3.8) is 0 Å². The number of nitrogens with zero attached hydrogens (tertiary/aromatic N) is 1. The van der Waals surface area contributed by atoms with Crippen molar-refractivity contribution in [2.24, 2.45) is 16.2 Å². The van der Waals surface area contributed by atoms with E-state index in [1.165, 1.54) is 3.57 Å². The number of aromatic nitrogens is 1. The number of Topliss-reactive ketones (excluding diaryl/α,β-unsaturated/α-hetero) is 1. The molecule has 0 unspecified atom stereocenters. The third-order valence-electron chi connectivity index (χ3n) is 9.80. The molecular weight excluding hydrogens is 1480 g/mol. The van der Waals surface area contributed by atoms with E-state index in [0.717, 1.165) is 49.8 Å². The number of terminal acetylenes is 1. The smallest absolute Gasteiger partial charge is 0.373 e. The minimum absolute atomic E-state index is 0.0140. The SMILES string of the molecule is Brc1cccc(I)c1.C#CC(C)(C)C.CC(C)(C)/C=C1\Oc2cc(Br)ccc2C1=O.CC(C)(C)C#Cc1cccc(Br)c1.CC(C)(C)c1cc2cc(Br)ccc2c(=O)o1.CC(C)(C)c1cc2cc(Br)ccc2c(Cl)n1.O=C=O.O=C=O. The fraction of sp³-hybridized carbons (Fsp3) is 0.308. The van der Waals surface area contributed by atoms with Crippen LogP contribution in [0, 0.1) is 44.0 Å². The second kappa shape index (κ2) is 34.1. The summed E-state index contributed by atoms with van der Waals surface area (Å²) < 4.78 is 17.3. The average Bonchev–Trinajstić information content (AvgIpc) is 3.62. The summed E-state index contributed by atoms with van der Waals surface area (Å²) in [4.78, 5) is 60.7. The van der Waals surface area contributed by atoms with E-state index in [1.807, 2.05) is 147 Å². The molecule has 5 aromatic carbocycles. The lowest BCUT2D eigenvalue weighted by atomic mass is 9.91. The molecule has 0 saturated carbocycles. The number of rotatable bonds is 0. The van der Waals surface area contributed by atoms with Gasteiger partial charge in [0, 0.05) is 64.2 Å². The molecule has 428 valence electrons. The number of fused-ring (bicyclic) bond motifs is 3. The van der Waals surface area contributed by atoms with Crippen molar-refractivity contribution < 1.29 is 33.1 Å². The molecule has 9 nitrogen and oxygen atoms in total. The van der Waals surface area contributed by atoms with Gasteiger partial charge in [-0.15, -0.1) is 12.3 Å². The summed E-state index contributed by atoms with van der Waals surface area (Å²) in [5.41, 5.74) is 2.38. The van der Waals surface area contributed by atoms with Gasteiger partial charge in [-0.1, -0.05) is 184 Å². The first-order chi connectivity index (χ1) is 37.3. The Hall–Kier alpha value is -4.77. The Balaban J connectivity index is 0.000000487. The Labute approximate surface area is 538 Å². The highest BCUT2D eigenvalue weighted by molar-refractivity contribution is 14.1. The highest BCUT2D eigenvalue weighted by Gasteiger charge is 2.29. The number of halogens is 7. The summed E-state index contributed by atoms with van der Waals surface area (Å²) in [6.07, 6.45) is 7.42. The van der Waals surface area contributed by atoms with Crippen LogP contribution in [0.5, 0.6) is 5.75 Å². The van der Waals surface area contributed by atoms with E-state index in [4.69, 9.17) is 46.4 Å². The average molecular weight is 1550 g/mol. The van der Waals surface area contributed by atoms with Gasteiger partial charge in [-0.3, -0.25) is 4.79 Å². The normalized spacial score (nSPS) is 11.8. The summed E-state index contributed by atoms with van der Waals surface area (Å²) in [6.45, 7) is 30.9. The number of hydrogen-bond donors (Lipinski definition) is 0. The van der Waals surface area contributed by atoms with E-state index in [1.54, 1.807) is 12.1 Å². The third kappa shape index (κ3) is 29.9. The van der Waals surface area contributed by atoms with Crippen LogP contribution in [-0.4, -0.2) is 23.1 Å². The molecule has 2 aromatic heterocycles. The monoisotopic (exact) mass is 1540 g/mol. The highest BCUT2D eigenvalue weighted by Crippen LogP contribution is 2.35. The summed E-state index contributed by atoms with van der Waals surface area (Å²) in [6, 6.07) is 37.3. The van der Waals surface area contributed by atoms with E-state index >= 15 is 0 Å². The summed E-state index contributed by atoms with van der Waals surface area (Å²) >= 11 is 25.5. The van der Waals surface area contributed by atoms with E-state index in [-0.39, 0.29) is 50.8 Å². The second-order valence-corrected chi connectivity index (χ2v) is 28.9. The molecule has 0 aliphatic carbocycles. The van der Waals surface area contributed by atoms with Crippen LogP contribution in [0.3, 0.4) is 0 Å². The lowest BCUT2D eigenvalue weighted by Crippen LogP contribution is -2.14.